The molecule has 0 amide bonds. The number of hydrogen-bond acceptors (Lipinski definition) is 1. The molecule has 2 rings (SSSR count). The second-order valence-electron chi connectivity index (χ2n) is 2.41. The van der Waals surface area contributed by atoms with Gasteiger partial charge in [-0.3, -0.25) is 0 Å². The maximum absolute atomic E-state index is 7.00. The van der Waals surface area contributed by atoms with Crippen molar-refractivity contribution < 1.29 is 5.11 Å². The van der Waals surface area contributed by atoms with Gasteiger partial charge in [0.15, 0.2) is 0 Å². The van der Waals surface area contributed by atoms with Gasteiger partial charge in [0.1, 0.15) is 0 Å². The van der Waals surface area contributed by atoms with Crippen LogP contribution >= 0.6 is 0 Å². The van der Waals surface area contributed by atoms with Crippen molar-refractivity contribution in [1.29, 1.82) is 0 Å². The van der Waals surface area contributed by atoms with E-state index >= 15 is 0 Å². The SMILES string of the molecule is CO.Cc1c2ccc-2c1C. The second-order valence-corrected chi connectivity index (χ2v) is 2.41. The monoisotopic (exact) mass is 136 g/mol. The van der Waals surface area contributed by atoms with Gasteiger partial charge in [0.2, 0.25) is 0 Å². The van der Waals surface area contributed by atoms with E-state index in [1.165, 1.54) is 22.3 Å². The molecule has 1 nitrogen and oxygen atoms in total. The third kappa shape index (κ3) is 0.673. The molecule has 2 aliphatic rings. The molecule has 0 atom stereocenters. The standard InChI is InChI=1S/C8H8.CH4O/c1-5-6(2)8-4-3-7(5)8;1-2/h3-4H,1-2H3;2H,1H3. The molecular weight excluding hydrogens is 124 g/mol. The van der Waals surface area contributed by atoms with Crippen molar-refractivity contribution in [3.63, 3.8) is 0 Å². The van der Waals surface area contributed by atoms with Gasteiger partial charge in [-0.2, -0.15) is 0 Å². The summed E-state index contributed by atoms with van der Waals surface area (Å²) in [6, 6.07) is 4.36. The van der Waals surface area contributed by atoms with Gasteiger partial charge in [0, 0.05) is 7.11 Å². The zero-order chi connectivity index (χ0) is 7.72. The second kappa shape index (κ2) is 2.43. The maximum atomic E-state index is 7.00. The summed E-state index contributed by atoms with van der Waals surface area (Å²) in [5, 5.41) is 7.00. The van der Waals surface area contributed by atoms with Crippen LogP contribution in [0.4, 0.5) is 0 Å². The molecule has 0 aromatic rings. The molecule has 0 unspecified atom stereocenters. The van der Waals surface area contributed by atoms with E-state index in [1.54, 1.807) is 0 Å². The average molecular weight is 136 g/mol. The van der Waals surface area contributed by atoms with Crippen LogP contribution in [0.25, 0.3) is 11.1 Å². The summed E-state index contributed by atoms with van der Waals surface area (Å²) < 4.78 is 0. The molecule has 1 N–H and O–H groups in total. The van der Waals surface area contributed by atoms with E-state index in [-0.39, 0.29) is 0 Å². The Kier molecular flexibility index (Phi) is 1.77. The first kappa shape index (κ1) is 7.29. The minimum Gasteiger partial charge on any atom is -0.400 e. The molecule has 0 aromatic carbocycles. The third-order valence-electron chi connectivity index (χ3n) is 2.08. The summed E-state index contributed by atoms with van der Waals surface area (Å²) in [7, 11) is 1.00. The quantitative estimate of drug-likeness (QED) is 0.586. The molecule has 0 saturated heterocycles. The van der Waals surface area contributed by atoms with Crippen LogP contribution in [-0.2, 0) is 0 Å². The van der Waals surface area contributed by atoms with Gasteiger partial charge in [-0.25, -0.2) is 0 Å². The third-order valence-corrected chi connectivity index (χ3v) is 2.08. The number of aliphatic hydroxyl groups is 1. The summed E-state index contributed by atoms with van der Waals surface area (Å²) >= 11 is 0. The molecule has 0 bridgehead atoms. The van der Waals surface area contributed by atoms with E-state index in [2.05, 4.69) is 26.0 Å². The predicted octanol–water partition coefficient (Wildman–Crippen LogP) is 1.89. The Hall–Kier alpha value is -0.820. The van der Waals surface area contributed by atoms with Gasteiger partial charge < -0.3 is 5.11 Å². The predicted molar refractivity (Wildman–Crippen MR) is 43.1 cm³/mol. The Morgan fingerprint density at radius 3 is 1.30 bits per heavy atom. The highest BCUT2D eigenvalue weighted by molar-refractivity contribution is 5.85. The Balaban J connectivity index is 0.000000231. The Morgan fingerprint density at radius 2 is 1.20 bits per heavy atom. The summed E-state index contributed by atoms with van der Waals surface area (Å²) in [6.07, 6.45) is 0. The number of aliphatic hydroxyl groups excluding tert-OH is 1. The Labute approximate surface area is 61.3 Å². The highest BCUT2D eigenvalue weighted by Crippen LogP contribution is 2.40. The smallest absolute Gasteiger partial charge is 0.0319 e. The maximum Gasteiger partial charge on any atom is 0.0319 e. The summed E-state index contributed by atoms with van der Waals surface area (Å²) in [4.78, 5) is 0. The van der Waals surface area contributed by atoms with Crippen molar-refractivity contribution in [3.8, 4) is 11.1 Å². The fraction of sp³-hybridized carbons (Fsp3) is 0.333. The van der Waals surface area contributed by atoms with Gasteiger partial charge in [0.05, 0.1) is 0 Å². The first-order valence-corrected chi connectivity index (χ1v) is 3.36. The van der Waals surface area contributed by atoms with Crippen molar-refractivity contribution in [1.82, 2.24) is 0 Å². The van der Waals surface area contributed by atoms with Crippen LogP contribution in [0.3, 0.4) is 0 Å². The number of benzene rings is 1. The van der Waals surface area contributed by atoms with E-state index in [1.807, 2.05) is 0 Å². The van der Waals surface area contributed by atoms with Gasteiger partial charge in [-0.15, -0.1) is 0 Å². The molecule has 0 fully saturated rings. The zero-order valence-corrected chi connectivity index (χ0v) is 6.60. The minimum atomic E-state index is 1.00. The van der Waals surface area contributed by atoms with E-state index in [0.717, 1.165) is 7.11 Å². The van der Waals surface area contributed by atoms with Crippen LogP contribution in [0.15, 0.2) is 12.1 Å². The zero-order valence-electron chi connectivity index (χ0n) is 6.60. The van der Waals surface area contributed by atoms with E-state index in [0.29, 0.717) is 0 Å². The van der Waals surface area contributed by atoms with E-state index in [4.69, 9.17) is 5.11 Å². The van der Waals surface area contributed by atoms with Gasteiger partial charge in [-0.1, -0.05) is 12.1 Å². The fourth-order valence-corrected chi connectivity index (χ4v) is 1.25. The average Bonchev–Trinajstić information content (AvgIpc) is 1.91. The van der Waals surface area contributed by atoms with Crippen LogP contribution in [0, 0.1) is 13.8 Å². The Bertz CT molecular complexity index is 224. The molecule has 1 heteroatoms. The van der Waals surface area contributed by atoms with Crippen molar-refractivity contribution in [2.24, 2.45) is 0 Å². The minimum absolute atomic E-state index is 1.00. The van der Waals surface area contributed by atoms with Crippen molar-refractivity contribution >= 4 is 0 Å². The largest absolute Gasteiger partial charge is 0.400 e. The van der Waals surface area contributed by atoms with E-state index in [9.17, 15) is 0 Å². The van der Waals surface area contributed by atoms with Gasteiger partial charge in [-0.05, 0) is 36.1 Å². The Morgan fingerprint density at radius 1 is 0.900 bits per heavy atom. The summed E-state index contributed by atoms with van der Waals surface area (Å²) in [5.41, 5.74) is 5.95. The lowest BCUT2D eigenvalue weighted by atomic mass is 9.81. The molecule has 0 heterocycles. The molecule has 0 aliphatic heterocycles. The molecule has 0 spiro atoms. The molecule has 10 heavy (non-hydrogen) atoms. The number of fused-ring (bicyclic) bond motifs is 1. The van der Waals surface area contributed by atoms with Crippen molar-refractivity contribution in [2.75, 3.05) is 7.11 Å². The topological polar surface area (TPSA) is 20.2 Å². The molecular formula is C9H12O. The van der Waals surface area contributed by atoms with Gasteiger partial charge in [0.25, 0.3) is 0 Å². The molecule has 0 saturated carbocycles. The van der Waals surface area contributed by atoms with Crippen LogP contribution in [0.2, 0.25) is 0 Å². The fourth-order valence-electron chi connectivity index (χ4n) is 1.25. The highest BCUT2D eigenvalue weighted by atomic mass is 16.2. The van der Waals surface area contributed by atoms with Crippen LogP contribution in [0.5, 0.6) is 0 Å². The highest BCUT2D eigenvalue weighted by Gasteiger charge is 2.17. The molecule has 54 valence electrons. The lowest BCUT2D eigenvalue weighted by molar-refractivity contribution is 0.399. The lowest BCUT2D eigenvalue weighted by Crippen LogP contribution is -2.01. The first-order valence-electron chi connectivity index (χ1n) is 3.36. The van der Waals surface area contributed by atoms with Crippen molar-refractivity contribution in [2.45, 2.75) is 13.8 Å². The van der Waals surface area contributed by atoms with Crippen LogP contribution in [0.1, 0.15) is 11.1 Å². The van der Waals surface area contributed by atoms with Crippen molar-refractivity contribution in [3.05, 3.63) is 23.3 Å². The normalized spacial score (nSPS) is 10.0. The van der Waals surface area contributed by atoms with E-state index < -0.39 is 0 Å². The summed E-state index contributed by atoms with van der Waals surface area (Å²) in [5.74, 6) is 0. The van der Waals surface area contributed by atoms with Crippen LogP contribution in [-0.4, -0.2) is 12.2 Å². The number of hydrogen-bond donors (Lipinski definition) is 1. The van der Waals surface area contributed by atoms with Gasteiger partial charge >= 0.3 is 0 Å². The molecule has 0 aromatic heterocycles. The number of rotatable bonds is 0. The first-order chi connectivity index (χ1) is 4.80. The summed E-state index contributed by atoms with van der Waals surface area (Å²) in [6.45, 7) is 4.36. The molecule has 2 aliphatic carbocycles. The molecule has 0 radical (unpaired) electrons. The lowest BCUT2D eigenvalue weighted by Gasteiger charge is -2.23. The van der Waals surface area contributed by atoms with Crippen LogP contribution < -0.4 is 0 Å².